The highest BCUT2D eigenvalue weighted by atomic mass is 79.9. The molecule has 0 amide bonds. The molecule has 0 aliphatic rings. The maximum Gasteiger partial charge on any atom is 0.122 e. The van der Waals surface area contributed by atoms with Crippen molar-refractivity contribution >= 4 is 26.8 Å². The number of pyridine rings is 1. The van der Waals surface area contributed by atoms with Crippen molar-refractivity contribution in [3.63, 3.8) is 0 Å². The second kappa shape index (κ2) is 5.95. The lowest BCUT2D eigenvalue weighted by Gasteiger charge is -2.16. The summed E-state index contributed by atoms with van der Waals surface area (Å²) >= 11 is 3.49. The third-order valence-corrected chi connectivity index (χ3v) is 4.12. The molecule has 0 spiro atoms. The van der Waals surface area contributed by atoms with Gasteiger partial charge >= 0.3 is 0 Å². The van der Waals surface area contributed by atoms with Crippen LogP contribution >= 0.6 is 15.9 Å². The zero-order valence-electron chi connectivity index (χ0n) is 11.7. The summed E-state index contributed by atoms with van der Waals surface area (Å²) in [5.74, 6) is 0. The maximum absolute atomic E-state index is 10.8. The van der Waals surface area contributed by atoms with Gasteiger partial charge in [0.25, 0.3) is 0 Å². The molecule has 0 aliphatic carbocycles. The number of fused-ring (bicyclic) bond motifs is 1. The summed E-state index contributed by atoms with van der Waals surface area (Å²) in [5, 5.41) is 16.1. The van der Waals surface area contributed by atoms with Crippen LogP contribution in [0.2, 0.25) is 0 Å². The molecule has 0 radical (unpaired) electrons. The van der Waals surface area contributed by atoms with Crippen LogP contribution in [0.3, 0.4) is 0 Å². The largest absolute Gasteiger partial charge is 0.382 e. The molecule has 0 saturated heterocycles. The summed E-state index contributed by atoms with van der Waals surface area (Å²) in [4.78, 5) is 4.34. The Morgan fingerprint density at radius 1 is 1.29 bits per heavy atom. The fourth-order valence-corrected chi connectivity index (χ4v) is 3.05. The number of para-hydroxylation sites is 1. The number of halogens is 1. The van der Waals surface area contributed by atoms with Crippen LogP contribution in [0.4, 0.5) is 0 Å². The Labute approximate surface area is 131 Å². The highest BCUT2D eigenvalue weighted by Gasteiger charge is 2.21. The Morgan fingerprint density at radius 3 is 2.90 bits per heavy atom. The van der Waals surface area contributed by atoms with Crippen LogP contribution in [0.1, 0.15) is 30.7 Å². The second-order valence-electron chi connectivity index (χ2n) is 4.92. The monoisotopic (exact) mass is 345 g/mol. The Hall–Kier alpha value is -1.72. The van der Waals surface area contributed by atoms with Crippen LogP contribution < -0.4 is 0 Å². The first-order chi connectivity index (χ1) is 10.2. The number of hydrogen-bond donors (Lipinski definition) is 1. The van der Waals surface area contributed by atoms with E-state index in [9.17, 15) is 5.11 Å². The van der Waals surface area contributed by atoms with E-state index < -0.39 is 6.10 Å². The summed E-state index contributed by atoms with van der Waals surface area (Å²) in [6, 6.07) is 9.70. The molecular weight excluding hydrogens is 330 g/mol. The summed E-state index contributed by atoms with van der Waals surface area (Å²) < 4.78 is 2.67. The van der Waals surface area contributed by atoms with E-state index in [2.05, 4.69) is 32.9 Å². The van der Waals surface area contributed by atoms with Crippen molar-refractivity contribution in [3.8, 4) is 0 Å². The van der Waals surface area contributed by atoms with E-state index in [1.807, 2.05) is 35.0 Å². The third-order valence-electron chi connectivity index (χ3n) is 3.51. The van der Waals surface area contributed by atoms with E-state index >= 15 is 0 Å². The fraction of sp³-hybridized carbons (Fsp3) is 0.250. The molecule has 0 aliphatic heterocycles. The number of aryl methyl sites for hydroxylation is 1. The normalized spacial score (nSPS) is 12.7. The smallest absolute Gasteiger partial charge is 0.122 e. The van der Waals surface area contributed by atoms with Crippen molar-refractivity contribution in [2.45, 2.75) is 26.0 Å². The Morgan fingerprint density at radius 2 is 2.10 bits per heavy atom. The van der Waals surface area contributed by atoms with Crippen LogP contribution in [0, 0.1) is 0 Å². The quantitative estimate of drug-likeness (QED) is 0.784. The van der Waals surface area contributed by atoms with Crippen LogP contribution in [-0.2, 0) is 6.54 Å². The number of nitrogens with zero attached hydrogens (tertiary/aromatic N) is 3. The molecule has 3 aromatic rings. The van der Waals surface area contributed by atoms with Gasteiger partial charge in [0.2, 0.25) is 0 Å². The van der Waals surface area contributed by atoms with Gasteiger partial charge in [-0.25, -0.2) is 0 Å². The molecule has 1 unspecified atom stereocenters. The molecule has 1 N–H and O–H groups in total. The first-order valence-electron chi connectivity index (χ1n) is 6.95. The fourth-order valence-electron chi connectivity index (χ4n) is 2.54. The zero-order chi connectivity index (χ0) is 14.8. The molecule has 5 heteroatoms. The molecule has 0 bridgehead atoms. The summed E-state index contributed by atoms with van der Waals surface area (Å²) in [6.45, 7) is 2.87. The molecule has 3 rings (SSSR count). The number of hydrogen-bond acceptors (Lipinski definition) is 3. The minimum Gasteiger partial charge on any atom is -0.382 e. The van der Waals surface area contributed by atoms with Crippen molar-refractivity contribution in [1.82, 2.24) is 14.8 Å². The topological polar surface area (TPSA) is 50.9 Å². The van der Waals surface area contributed by atoms with Crippen molar-refractivity contribution in [2.24, 2.45) is 0 Å². The zero-order valence-corrected chi connectivity index (χ0v) is 13.3. The molecule has 0 fully saturated rings. The van der Waals surface area contributed by atoms with Crippen LogP contribution in [0.15, 0.2) is 47.2 Å². The minimum absolute atomic E-state index is 0.735. The lowest BCUT2D eigenvalue weighted by atomic mass is 10.0. The van der Waals surface area contributed by atoms with E-state index in [1.54, 1.807) is 12.4 Å². The van der Waals surface area contributed by atoms with Gasteiger partial charge in [0.15, 0.2) is 0 Å². The van der Waals surface area contributed by atoms with Crippen LogP contribution in [0.25, 0.3) is 10.9 Å². The maximum atomic E-state index is 10.8. The minimum atomic E-state index is -0.735. The molecule has 1 aromatic carbocycles. The number of rotatable bonds is 4. The standard InChI is InChI=1S/C16H16BrN3O/c1-2-9-20-15(13(17)10-19-20)16(21)12-7-8-18-14-6-4-3-5-11(12)14/h3-8,10,16,21H,2,9H2,1H3. The Kier molecular flexibility index (Phi) is 4.03. The highest BCUT2D eigenvalue weighted by molar-refractivity contribution is 9.10. The van der Waals surface area contributed by atoms with Crippen molar-refractivity contribution in [3.05, 3.63) is 58.5 Å². The van der Waals surface area contributed by atoms with Gasteiger partial charge in [0.1, 0.15) is 6.10 Å². The number of aliphatic hydroxyl groups excluding tert-OH is 1. The van der Waals surface area contributed by atoms with Gasteiger partial charge in [-0.15, -0.1) is 0 Å². The summed E-state index contributed by atoms with van der Waals surface area (Å²) in [6.07, 6.45) is 3.69. The molecule has 2 heterocycles. The highest BCUT2D eigenvalue weighted by Crippen LogP contribution is 2.32. The lowest BCUT2D eigenvalue weighted by Crippen LogP contribution is -2.11. The van der Waals surface area contributed by atoms with Crippen molar-refractivity contribution < 1.29 is 5.11 Å². The van der Waals surface area contributed by atoms with E-state index in [0.29, 0.717) is 0 Å². The van der Waals surface area contributed by atoms with Gasteiger partial charge in [-0.05, 0) is 40.0 Å². The summed E-state index contributed by atoms with van der Waals surface area (Å²) in [7, 11) is 0. The van der Waals surface area contributed by atoms with Gasteiger partial charge in [0.05, 0.1) is 21.9 Å². The second-order valence-corrected chi connectivity index (χ2v) is 5.78. The Bertz CT molecular complexity index is 764. The molecule has 2 aromatic heterocycles. The molecule has 4 nitrogen and oxygen atoms in total. The molecular formula is C16H16BrN3O. The summed E-state index contributed by atoms with van der Waals surface area (Å²) in [5.41, 5.74) is 2.51. The van der Waals surface area contributed by atoms with Crippen molar-refractivity contribution in [1.29, 1.82) is 0 Å². The van der Waals surface area contributed by atoms with Crippen LogP contribution in [0.5, 0.6) is 0 Å². The van der Waals surface area contributed by atoms with Gasteiger partial charge < -0.3 is 5.11 Å². The number of benzene rings is 1. The Balaban J connectivity index is 2.13. The SMILES string of the molecule is CCCn1ncc(Br)c1C(O)c1ccnc2ccccc12. The molecule has 108 valence electrons. The van der Waals surface area contributed by atoms with Gasteiger partial charge in [-0.1, -0.05) is 25.1 Å². The predicted octanol–water partition coefficient (Wildman–Crippen LogP) is 3.69. The average molecular weight is 346 g/mol. The van der Waals surface area contributed by atoms with Crippen LogP contribution in [-0.4, -0.2) is 19.9 Å². The molecule has 1 atom stereocenters. The van der Waals surface area contributed by atoms with Crippen molar-refractivity contribution in [2.75, 3.05) is 0 Å². The average Bonchev–Trinajstić information content (AvgIpc) is 2.87. The molecule has 0 saturated carbocycles. The van der Waals surface area contributed by atoms with Gasteiger partial charge in [0, 0.05) is 18.1 Å². The molecule has 21 heavy (non-hydrogen) atoms. The van der Waals surface area contributed by atoms with Gasteiger partial charge in [-0.3, -0.25) is 9.67 Å². The lowest BCUT2D eigenvalue weighted by molar-refractivity contribution is 0.208. The van der Waals surface area contributed by atoms with E-state index in [0.717, 1.165) is 39.6 Å². The van der Waals surface area contributed by atoms with E-state index in [-0.39, 0.29) is 0 Å². The van der Waals surface area contributed by atoms with Gasteiger partial charge in [-0.2, -0.15) is 5.10 Å². The first-order valence-corrected chi connectivity index (χ1v) is 7.74. The predicted molar refractivity (Wildman–Crippen MR) is 86.0 cm³/mol. The van der Waals surface area contributed by atoms with E-state index in [1.165, 1.54) is 0 Å². The number of aliphatic hydroxyl groups is 1. The number of aromatic nitrogens is 3. The first kappa shape index (κ1) is 14.2. The van der Waals surface area contributed by atoms with E-state index in [4.69, 9.17) is 0 Å². The third kappa shape index (κ3) is 2.59.